The van der Waals surface area contributed by atoms with Gasteiger partial charge in [0.2, 0.25) is 0 Å². The van der Waals surface area contributed by atoms with Gasteiger partial charge in [-0.1, -0.05) is 0 Å². The van der Waals surface area contributed by atoms with Crippen molar-refractivity contribution in [1.29, 1.82) is 0 Å². The van der Waals surface area contributed by atoms with E-state index in [0.717, 1.165) is 28.5 Å². The molecule has 2 aliphatic heterocycles. The summed E-state index contributed by atoms with van der Waals surface area (Å²) < 4.78 is 17.3. The van der Waals surface area contributed by atoms with Crippen molar-refractivity contribution in [2.24, 2.45) is 0 Å². The van der Waals surface area contributed by atoms with Gasteiger partial charge in [-0.05, 0) is 49.9 Å². The lowest BCUT2D eigenvalue weighted by Crippen LogP contribution is -2.50. The molecule has 1 unspecified atom stereocenters. The summed E-state index contributed by atoms with van der Waals surface area (Å²) in [6, 6.07) is 8.86. The highest BCUT2D eigenvalue weighted by molar-refractivity contribution is 8.01. The van der Waals surface area contributed by atoms with Gasteiger partial charge < -0.3 is 19.1 Å². The van der Waals surface area contributed by atoms with Gasteiger partial charge in [-0.15, -0.1) is 0 Å². The first-order valence-corrected chi connectivity index (χ1v) is 9.64. The number of benzene rings is 2. The first-order chi connectivity index (χ1) is 13.4. The molecule has 2 aromatic rings. The summed E-state index contributed by atoms with van der Waals surface area (Å²) in [7, 11) is 3.13. The predicted octanol–water partition coefficient (Wildman–Crippen LogP) is 4.69. The Morgan fingerprint density at radius 2 is 2.04 bits per heavy atom. The third kappa shape index (κ3) is 2.59. The molecule has 2 heterocycles. The van der Waals surface area contributed by atoms with Crippen molar-refractivity contribution in [2.45, 2.75) is 23.8 Å². The van der Waals surface area contributed by atoms with Gasteiger partial charge in [0.05, 0.1) is 30.9 Å². The zero-order valence-corrected chi connectivity index (χ0v) is 16.8. The molecule has 4 rings (SSSR count). The van der Waals surface area contributed by atoms with E-state index < -0.39 is 9.98 Å². The fraction of sp³-hybridized carbons (Fsp3) is 0.300. The van der Waals surface area contributed by atoms with Gasteiger partial charge in [0, 0.05) is 28.6 Å². The van der Waals surface area contributed by atoms with E-state index in [2.05, 4.69) is 11.8 Å². The van der Waals surface area contributed by atoms with Gasteiger partial charge in [0.25, 0.3) is 10.7 Å². The standard InChI is InChI=1S/C20H20N2O5S/c1-5-21-16-7-6-15(25-3)11-18(16)28-20(21)12(2)8-13-9-14(22(23)24)10-17(26-4)19(13)27-20/h6-11H,5H2,1-4H3. The number of non-ortho nitro benzene ring substituents is 1. The van der Waals surface area contributed by atoms with Crippen molar-refractivity contribution in [3.63, 3.8) is 0 Å². The first kappa shape index (κ1) is 18.5. The number of hydrogen-bond acceptors (Lipinski definition) is 7. The van der Waals surface area contributed by atoms with Crippen LogP contribution in [0, 0.1) is 10.1 Å². The molecule has 0 N–H and O–H groups in total. The Balaban J connectivity index is 1.85. The molecule has 0 saturated carbocycles. The van der Waals surface area contributed by atoms with E-state index in [1.54, 1.807) is 18.9 Å². The third-order valence-electron chi connectivity index (χ3n) is 4.99. The van der Waals surface area contributed by atoms with Crippen molar-refractivity contribution in [1.82, 2.24) is 0 Å². The second-order valence-corrected chi connectivity index (χ2v) is 7.71. The molecule has 0 radical (unpaired) electrons. The topological polar surface area (TPSA) is 74.1 Å². The molecule has 1 spiro atoms. The zero-order valence-electron chi connectivity index (χ0n) is 16.0. The molecule has 8 heteroatoms. The molecule has 7 nitrogen and oxygen atoms in total. The molecule has 0 aromatic heterocycles. The number of methoxy groups -OCH3 is 2. The number of likely N-dealkylation sites (N-methyl/N-ethyl adjacent to an activating group) is 1. The molecular weight excluding hydrogens is 380 g/mol. The van der Waals surface area contributed by atoms with Crippen molar-refractivity contribution in [2.75, 3.05) is 25.7 Å². The van der Waals surface area contributed by atoms with Crippen LogP contribution in [0.4, 0.5) is 11.4 Å². The molecular formula is C20H20N2O5S. The van der Waals surface area contributed by atoms with Crippen LogP contribution in [0.3, 0.4) is 0 Å². The van der Waals surface area contributed by atoms with E-state index in [1.165, 1.54) is 19.2 Å². The Morgan fingerprint density at radius 3 is 2.68 bits per heavy atom. The average molecular weight is 400 g/mol. The minimum atomic E-state index is -0.778. The lowest BCUT2D eigenvalue weighted by atomic mass is 10.0. The monoisotopic (exact) mass is 400 g/mol. The van der Waals surface area contributed by atoms with Crippen molar-refractivity contribution in [3.8, 4) is 17.2 Å². The predicted molar refractivity (Wildman–Crippen MR) is 109 cm³/mol. The van der Waals surface area contributed by atoms with Crippen molar-refractivity contribution >= 4 is 29.2 Å². The highest BCUT2D eigenvalue weighted by Gasteiger charge is 2.50. The van der Waals surface area contributed by atoms with E-state index >= 15 is 0 Å². The van der Waals surface area contributed by atoms with Gasteiger partial charge in [0.15, 0.2) is 11.5 Å². The summed E-state index contributed by atoms with van der Waals surface area (Å²) >= 11 is 1.59. The number of ether oxygens (including phenoxy) is 3. The largest absolute Gasteiger partial charge is 0.497 e. The number of rotatable bonds is 4. The first-order valence-electron chi connectivity index (χ1n) is 8.82. The normalized spacial score (nSPS) is 19.6. The number of anilines is 1. The SMILES string of the molecule is CCN1c2ccc(OC)cc2SC12Oc1c(cc([N+](=O)[O-])cc1OC)C=C2C. The number of nitro benzene ring substituents is 1. The molecule has 2 aliphatic rings. The van der Waals surface area contributed by atoms with Crippen LogP contribution in [-0.4, -0.2) is 30.7 Å². The highest BCUT2D eigenvalue weighted by Crippen LogP contribution is 2.58. The summed E-state index contributed by atoms with van der Waals surface area (Å²) in [6.07, 6.45) is 1.94. The second kappa shape index (κ2) is 6.63. The van der Waals surface area contributed by atoms with Crippen LogP contribution in [-0.2, 0) is 0 Å². The number of nitrogens with zero attached hydrogens (tertiary/aromatic N) is 2. The maximum atomic E-state index is 11.3. The highest BCUT2D eigenvalue weighted by atomic mass is 32.2. The fourth-order valence-corrected chi connectivity index (χ4v) is 5.10. The van der Waals surface area contributed by atoms with Gasteiger partial charge in [-0.2, -0.15) is 0 Å². The van der Waals surface area contributed by atoms with E-state index in [1.807, 2.05) is 31.2 Å². The fourth-order valence-electron chi connectivity index (χ4n) is 3.66. The van der Waals surface area contributed by atoms with Crippen LogP contribution in [0.25, 0.3) is 6.08 Å². The summed E-state index contributed by atoms with van der Waals surface area (Å²) in [5, 5.41) is 10.5. The van der Waals surface area contributed by atoms with Gasteiger partial charge in [-0.3, -0.25) is 10.1 Å². The smallest absolute Gasteiger partial charge is 0.274 e. The minimum absolute atomic E-state index is 0.0290. The Morgan fingerprint density at radius 1 is 1.25 bits per heavy atom. The average Bonchev–Trinajstić information content (AvgIpc) is 3.00. The Hall–Kier alpha value is -2.87. The Bertz CT molecular complexity index is 1010. The van der Waals surface area contributed by atoms with Crippen LogP contribution < -0.4 is 19.1 Å². The summed E-state index contributed by atoms with van der Waals surface area (Å²) in [5.74, 6) is 1.63. The van der Waals surface area contributed by atoms with Gasteiger partial charge >= 0.3 is 0 Å². The molecule has 0 bridgehead atoms. The minimum Gasteiger partial charge on any atom is -0.497 e. The maximum Gasteiger partial charge on any atom is 0.274 e. The molecule has 0 amide bonds. The molecule has 0 saturated heterocycles. The number of thioether (sulfide) groups is 1. The van der Waals surface area contributed by atoms with Gasteiger partial charge in [-0.25, -0.2) is 0 Å². The second-order valence-electron chi connectivity index (χ2n) is 6.51. The van der Waals surface area contributed by atoms with Crippen LogP contribution >= 0.6 is 11.8 Å². The van der Waals surface area contributed by atoms with Crippen LogP contribution in [0.1, 0.15) is 19.4 Å². The molecule has 146 valence electrons. The number of nitro groups is 1. The van der Waals surface area contributed by atoms with Crippen LogP contribution in [0.5, 0.6) is 17.2 Å². The molecule has 28 heavy (non-hydrogen) atoms. The summed E-state index contributed by atoms with van der Waals surface area (Å²) in [5.41, 5.74) is 2.62. The summed E-state index contributed by atoms with van der Waals surface area (Å²) in [6.45, 7) is 4.77. The van der Waals surface area contributed by atoms with Crippen molar-refractivity contribution < 1.29 is 19.1 Å². The van der Waals surface area contributed by atoms with Gasteiger partial charge in [0.1, 0.15) is 5.75 Å². The van der Waals surface area contributed by atoms with Crippen molar-refractivity contribution in [3.05, 3.63) is 51.6 Å². The molecule has 0 fully saturated rings. The quantitative estimate of drug-likeness (QED) is 0.544. The Labute approximate surface area is 167 Å². The number of fused-ring (bicyclic) bond motifs is 2. The molecule has 2 aromatic carbocycles. The zero-order chi connectivity index (χ0) is 20.1. The maximum absolute atomic E-state index is 11.3. The third-order valence-corrected chi connectivity index (χ3v) is 6.44. The lowest BCUT2D eigenvalue weighted by molar-refractivity contribution is -0.385. The van der Waals surface area contributed by atoms with Crippen LogP contribution in [0.2, 0.25) is 0 Å². The lowest BCUT2D eigenvalue weighted by Gasteiger charge is -2.42. The molecule has 1 atom stereocenters. The Kier molecular flexibility index (Phi) is 4.38. The number of hydrogen-bond donors (Lipinski definition) is 0. The van der Waals surface area contributed by atoms with E-state index in [0.29, 0.717) is 17.1 Å². The van der Waals surface area contributed by atoms with Crippen LogP contribution in [0.15, 0.2) is 40.8 Å². The summed E-state index contributed by atoms with van der Waals surface area (Å²) in [4.78, 5) is 14.1. The van der Waals surface area contributed by atoms with E-state index in [4.69, 9.17) is 14.2 Å². The molecule has 0 aliphatic carbocycles. The van der Waals surface area contributed by atoms with E-state index in [9.17, 15) is 10.1 Å². The van der Waals surface area contributed by atoms with E-state index in [-0.39, 0.29) is 5.69 Å².